The molecule has 1 atom stereocenters. The lowest BCUT2D eigenvalue weighted by atomic mass is 9.93. The number of hydrogen-bond acceptors (Lipinski definition) is 9. The summed E-state index contributed by atoms with van der Waals surface area (Å²) >= 11 is 1.36. The molecular formula is C20H25N5O5S. The van der Waals surface area contributed by atoms with Crippen molar-refractivity contribution in [2.24, 2.45) is 11.7 Å². The highest BCUT2D eigenvalue weighted by molar-refractivity contribution is 7.17. The van der Waals surface area contributed by atoms with Gasteiger partial charge in [0.05, 0.1) is 32.2 Å². The van der Waals surface area contributed by atoms with E-state index in [4.69, 9.17) is 19.9 Å². The number of aromatic hydroxyl groups is 1. The number of primary amides is 1. The summed E-state index contributed by atoms with van der Waals surface area (Å²) in [5.41, 5.74) is 6.37. The predicted molar refractivity (Wildman–Crippen MR) is 114 cm³/mol. The normalized spacial score (nSPS) is 16.4. The van der Waals surface area contributed by atoms with Gasteiger partial charge in [0.15, 0.2) is 11.5 Å². The third-order valence-electron chi connectivity index (χ3n) is 5.69. The Hall–Kier alpha value is -3.05. The van der Waals surface area contributed by atoms with E-state index in [-0.39, 0.29) is 23.7 Å². The van der Waals surface area contributed by atoms with Crippen molar-refractivity contribution in [2.75, 3.05) is 34.4 Å². The maximum atomic E-state index is 11.6. The number of rotatable bonds is 7. The number of carbonyl (C=O) groups is 1. The topological polar surface area (TPSA) is 124 Å². The van der Waals surface area contributed by atoms with Gasteiger partial charge in [-0.15, -0.1) is 0 Å². The van der Waals surface area contributed by atoms with Crippen LogP contribution in [0.3, 0.4) is 0 Å². The molecule has 10 nitrogen and oxygen atoms in total. The number of thiazole rings is 1. The van der Waals surface area contributed by atoms with Crippen LogP contribution in [0.1, 0.15) is 29.3 Å². The number of carbonyl (C=O) groups excluding carboxylic acids is 1. The van der Waals surface area contributed by atoms with Crippen molar-refractivity contribution in [3.05, 3.63) is 28.9 Å². The van der Waals surface area contributed by atoms with Crippen LogP contribution < -0.4 is 19.9 Å². The molecule has 0 unspecified atom stereocenters. The Labute approximate surface area is 183 Å². The van der Waals surface area contributed by atoms with Crippen molar-refractivity contribution in [1.29, 1.82) is 0 Å². The first kappa shape index (κ1) is 21.2. The fourth-order valence-electron chi connectivity index (χ4n) is 4.10. The Balaban J connectivity index is 1.82. The molecule has 1 saturated heterocycles. The van der Waals surface area contributed by atoms with Gasteiger partial charge < -0.3 is 25.1 Å². The van der Waals surface area contributed by atoms with Crippen LogP contribution in [0.15, 0.2) is 18.5 Å². The number of hydrogen-bond donors (Lipinski definition) is 2. The van der Waals surface area contributed by atoms with Crippen molar-refractivity contribution >= 4 is 22.2 Å². The van der Waals surface area contributed by atoms with Crippen molar-refractivity contribution in [3.8, 4) is 23.1 Å². The molecule has 1 aliphatic heterocycles. The van der Waals surface area contributed by atoms with Crippen molar-refractivity contribution in [2.45, 2.75) is 18.9 Å². The maximum Gasteiger partial charge on any atom is 0.230 e. The van der Waals surface area contributed by atoms with Crippen LogP contribution in [-0.2, 0) is 4.79 Å². The van der Waals surface area contributed by atoms with Crippen LogP contribution in [0.25, 0.3) is 4.96 Å². The van der Waals surface area contributed by atoms with E-state index >= 15 is 0 Å². The molecule has 0 saturated carbocycles. The second-order valence-corrected chi connectivity index (χ2v) is 8.33. The molecule has 0 aliphatic carbocycles. The van der Waals surface area contributed by atoms with E-state index in [0.717, 1.165) is 5.56 Å². The van der Waals surface area contributed by atoms with E-state index in [2.05, 4.69) is 15.0 Å². The fraction of sp³-hybridized carbons (Fsp3) is 0.450. The molecule has 31 heavy (non-hydrogen) atoms. The van der Waals surface area contributed by atoms with Crippen molar-refractivity contribution < 1.29 is 24.1 Å². The Morgan fingerprint density at radius 1 is 1.19 bits per heavy atom. The Bertz CT molecular complexity index is 1060. The van der Waals surface area contributed by atoms with Gasteiger partial charge in [-0.25, -0.2) is 4.98 Å². The average Bonchev–Trinajstić information content (AvgIpc) is 3.36. The fourth-order valence-corrected chi connectivity index (χ4v) is 5.19. The summed E-state index contributed by atoms with van der Waals surface area (Å²) in [5.74, 6) is 1.15. The van der Waals surface area contributed by atoms with E-state index in [1.807, 2.05) is 12.1 Å². The SMILES string of the molecule is COc1cc([C@@H](c2sc3ncnn3c2O)N2CCC(C(N)=O)CC2)cc(OC)c1OC. The zero-order chi connectivity index (χ0) is 22.1. The number of benzene rings is 1. The largest absolute Gasteiger partial charge is 0.493 e. The Morgan fingerprint density at radius 2 is 1.84 bits per heavy atom. The molecule has 4 rings (SSSR count). The monoisotopic (exact) mass is 447 g/mol. The van der Waals surface area contributed by atoms with Crippen LogP contribution in [0.5, 0.6) is 23.1 Å². The third-order valence-corrected chi connectivity index (χ3v) is 6.77. The van der Waals surface area contributed by atoms with Gasteiger partial charge in [0.25, 0.3) is 0 Å². The van der Waals surface area contributed by atoms with E-state index in [9.17, 15) is 9.90 Å². The molecule has 3 heterocycles. The number of piperidine rings is 1. The van der Waals surface area contributed by atoms with Gasteiger partial charge in [0.1, 0.15) is 6.33 Å². The number of likely N-dealkylation sites (tertiary alicyclic amines) is 1. The van der Waals surface area contributed by atoms with Gasteiger partial charge in [0, 0.05) is 5.92 Å². The van der Waals surface area contributed by atoms with Gasteiger partial charge >= 0.3 is 0 Å². The highest BCUT2D eigenvalue weighted by Crippen LogP contribution is 2.46. The average molecular weight is 448 g/mol. The van der Waals surface area contributed by atoms with Crippen LogP contribution in [-0.4, -0.2) is 64.9 Å². The predicted octanol–water partition coefficient (Wildman–Crippen LogP) is 1.81. The van der Waals surface area contributed by atoms with E-state index in [0.29, 0.717) is 53.0 Å². The molecule has 2 aromatic heterocycles. The molecule has 1 fully saturated rings. The highest BCUT2D eigenvalue weighted by Gasteiger charge is 2.34. The molecule has 11 heteroatoms. The van der Waals surface area contributed by atoms with Gasteiger partial charge in [-0.3, -0.25) is 9.69 Å². The standard InChI is InChI=1S/C20H25N5O5S/c1-28-13-8-12(9-14(29-2)16(13)30-3)15(24-6-4-11(5-7-24)18(21)26)17-19(27)25-20(31-17)22-10-23-25/h8-11,15,27H,4-7H2,1-3H3,(H2,21,26)/t15-/m0/s1. The minimum absolute atomic E-state index is 0.0354. The first-order valence-electron chi connectivity index (χ1n) is 9.83. The quantitative estimate of drug-likeness (QED) is 0.562. The first-order valence-corrected chi connectivity index (χ1v) is 10.6. The van der Waals surface area contributed by atoms with E-state index < -0.39 is 0 Å². The summed E-state index contributed by atoms with van der Waals surface area (Å²) in [7, 11) is 4.68. The van der Waals surface area contributed by atoms with Gasteiger partial charge in [-0.05, 0) is 43.6 Å². The smallest absolute Gasteiger partial charge is 0.230 e. The van der Waals surface area contributed by atoms with Crippen LogP contribution in [0, 0.1) is 5.92 Å². The van der Waals surface area contributed by atoms with Crippen molar-refractivity contribution in [1.82, 2.24) is 19.5 Å². The summed E-state index contributed by atoms with van der Waals surface area (Å²) in [6.45, 7) is 1.28. The summed E-state index contributed by atoms with van der Waals surface area (Å²) in [4.78, 5) is 19.4. The number of aromatic nitrogens is 3. The summed E-state index contributed by atoms with van der Waals surface area (Å²) in [5, 5.41) is 15.0. The lowest BCUT2D eigenvalue weighted by molar-refractivity contribution is -0.123. The second kappa shape index (κ2) is 8.60. The van der Waals surface area contributed by atoms with Crippen molar-refractivity contribution in [3.63, 3.8) is 0 Å². The number of fused-ring (bicyclic) bond motifs is 1. The number of ether oxygens (including phenoxy) is 3. The molecule has 1 aliphatic rings. The lowest BCUT2D eigenvalue weighted by Gasteiger charge is -2.36. The van der Waals surface area contributed by atoms with E-state index in [1.54, 1.807) is 21.3 Å². The highest BCUT2D eigenvalue weighted by atomic mass is 32.1. The molecule has 166 valence electrons. The molecule has 1 amide bonds. The molecule has 0 spiro atoms. The van der Waals surface area contributed by atoms with Crippen LogP contribution in [0.2, 0.25) is 0 Å². The summed E-state index contributed by atoms with van der Waals surface area (Å²) in [6, 6.07) is 3.43. The zero-order valence-corrected chi connectivity index (χ0v) is 18.4. The second-order valence-electron chi connectivity index (χ2n) is 7.32. The zero-order valence-electron chi connectivity index (χ0n) is 17.6. The molecule has 0 bridgehead atoms. The lowest BCUT2D eigenvalue weighted by Crippen LogP contribution is -2.40. The molecule has 3 aromatic rings. The summed E-state index contributed by atoms with van der Waals surface area (Å²) in [6.07, 6.45) is 2.71. The maximum absolute atomic E-state index is 11.6. The van der Waals surface area contributed by atoms with Gasteiger partial charge in [-0.1, -0.05) is 11.3 Å². The number of nitrogens with zero attached hydrogens (tertiary/aromatic N) is 4. The molecule has 1 aromatic carbocycles. The van der Waals surface area contributed by atoms with Gasteiger partial charge in [-0.2, -0.15) is 9.61 Å². The Kier molecular flexibility index (Phi) is 5.88. The number of nitrogens with two attached hydrogens (primary N) is 1. The minimum Gasteiger partial charge on any atom is -0.493 e. The Morgan fingerprint density at radius 3 is 2.35 bits per heavy atom. The molecule has 0 radical (unpaired) electrons. The van der Waals surface area contributed by atoms with Crippen LogP contribution >= 0.6 is 11.3 Å². The van der Waals surface area contributed by atoms with Crippen LogP contribution in [0.4, 0.5) is 0 Å². The van der Waals surface area contributed by atoms with E-state index in [1.165, 1.54) is 22.2 Å². The first-order chi connectivity index (χ1) is 15.0. The minimum atomic E-state index is -0.323. The molecule has 3 N–H and O–H groups in total. The third kappa shape index (κ3) is 3.74. The number of methoxy groups -OCH3 is 3. The van der Waals surface area contributed by atoms with Gasteiger partial charge in [0.2, 0.25) is 22.5 Å². The molecular weight excluding hydrogens is 422 g/mol. The summed E-state index contributed by atoms with van der Waals surface area (Å²) < 4.78 is 18.0. The number of amides is 1.